The Kier molecular flexibility index (Phi) is 4.52. The van der Waals surface area contributed by atoms with Crippen LogP contribution in [0.25, 0.3) is 0 Å². The molecular formula is C17H18F2N4O2. The Morgan fingerprint density at radius 2 is 2.00 bits per heavy atom. The number of rotatable bonds is 3. The van der Waals surface area contributed by atoms with Crippen LogP contribution >= 0.6 is 0 Å². The lowest BCUT2D eigenvalue weighted by Crippen LogP contribution is -2.53. The smallest absolute Gasteiger partial charge is 0.246 e. The summed E-state index contributed by atoms with van der Waals surface area (Å²) in [7, 11) is 1.76. The highest BCUT2D eigenvalue weighted by Gasteiger charge is 2.31. The minimum Gasteiger partial charge on any atom is -0.331 e. The first-order chi connectivity index (χ1) is 11.9. The first kappa shape index (κ1) is 17.1. The summed E-state index contributed by atoms with van der Waals surface area (Å²) in [5.74, 6) is -3.10. The molecule has 8 heteroatoms. The van der Waals surface area contributed by atoms with Crippen LogP contribution in [-0.4, -0.2) is 46.1 Å². The number of piperazine rings is 1. The topological polar surface area (TPSA) is 58.4 Å². The van der Waals surface area contributed by atoms with E-state index in [2.05, 4.69) is 5.10 Å². The molecule has 1 aliphatic heterocycles. The van der Waals surface area contributed by atoms with Crippen molar-refractivity contribution in [2.45, 2.75) is 12.8 Å². The fraction of sp³-hybridized carbons (Fsp3) is 0.353. The van der Waals surface area contributed by atoms with Gasteiger partial charge in [-0.2, -0.15) is 5.10 Å². The van der Waals surface area contributed by atoms with Crippen molar-refractivity contribution in [3.63, 3.8) is 0 Å². The maximum Gasteiger partial charge on any atom is 0.246 e. The van der Waals surface area contributed by atoms with Crippen LogP contribution in [0.5, 0.6) is 0 Å². The van der Waals surface area contributed by atoms with E-state index in [-0.39, 0.29) is 18.4 Å². The van der Waals surface area contributed by atoms with Crippen molar-refractivity contribution < 1.29 is 18.4 Å². The van der Waals surface area contributed by atoms with E-state index in [1.54, 1.807) is 35.9 Å². The van der Waals surface area contributed by atoms with Crippen molar-refractivity contribution in [1.82, 2.24) is 14.7 Å². The average Bonchev–Trinajstić information content (AvgIpc) is 3.02. The lowest BCUT2D eigenvalue weighted by molar-refractivity contribution is -0.137. The third-order valence-electron chi connectivity index (χ3n) is 4.35. The molecule has 0 radical (unpaired) electrons. The fourth-order valence-corrected chi connectivity index (χ4v) is 2.88. The summed E-state index contributed by atoms with van der Waals surface area (Å²) >= 11 is 0. The Labute approximate surface area is 143 Å². The van der Waals surface area contributed by atoms with Crippen molar-refractivity contribution in [3.8, 4) is 0 Å². The number of hydrogen-bond acceptors (Lipinski definition) is 3. The van der Waals surface area contributed by atoms with E-state index in [0.29, 0.717) is 24.3 Å². The van der Waals surface area contributed by atoms with Crippen LogP contribution in [0, 0.1) is 11.6 Å². The van der Waals surface area contributed by atoms with Gasteiger partial charge in [0.25, 0.3) is 0 Å². The Hall–Kier alpha value is -2.77. The maximum absolute atomic E-state index is 13.4. The molecule has 0 spiro atoms. The summed E-state index contributed by atoms with van der Waals surface area (Å²) in [6.45, 7) is 2.29. The number of benzene rings is 1. The summed E-state index contributed by atoms with van der Waals surface area (Å²) in [6.07, 6.45) is 3.33. The molecule has 1 aromatic heterocycles. The van der Waals surface area contributed by atoms with Gasteiger partial charge in [-0.15, -0.1) is 0 Å². The summed E-state index contributed by atoms with van der Waals surface area (Å²) in [5, 5.41) is 4.04. The zero-order valence-electron chi connectivity index (χ0n) is 13.9. The number of carbonyl (C=O) groups is 2. The maximum atomic E-state index is 13.4. The molecule has 3 rings (SSSR count). The van der Waals surface area contributed by atoms with Crippen LogP contribution < -0.4 is 4.90 Å². The van der Waals surface area contributed by atoms with E-state index in [0.717, 1.165) is 12.1 Å². The van der Waals surface area contributed by atoms with Crippen molar-refractivity contribution in [3.05, 3.63) is 47.8 Å². The highest BCUT2D eigenvalue weighted by molar-refractivity contribution is 5.98. The van der Waals surface area contributed by atoms with E-state index in [9.17, 15) is 18.4 Å². The van der Waals surface area contributed by atoms with Crippen LogP contribution in [0.15, 0.2) is 30.6 Å². The first-order valence-electron chi connectivity index (χ1n) is 7.89. The van der Waals surface area contributed by atoms with Crippen molar-refractivity contribution >= 4 is 17.5 Å². The molecular weight excluding hydrogens is 330 g/mol. The molecule has 132 valence electrons. The lowest BCUT2D eigenvalue weighted by Gasteiger charge is -2.35. The highest BCUT2D eigenvalue weighted by Crippen LogP contribution is 2.22. The van der Waals surface area contributed by atoms with Crippen LogP contribution in [0.4, 0.5) is 14.5 Å². The van der Waals surface area contributed by atoms with E-state index in [1.165, 1.54) is 11.0 Å². The van der Waals surface area contributed by atoms with Gasteiger partial charge in [0.05, 0.1) is 17.8 Å². The third-order valence-corrected chi connectivity index (χ3v) is 4.35. The SMILES string of the molecule is CC(C(=O)N1CCN(c2cnn(C)c2)C(=O)C1)c1ccc(F)c(F)c1. The Balaban J connectivity index is 1.69. The van der Waals surface area contributed by atoms with Gasteiger partial charge in [-0.25, -0.2) is 8.78 Å². The Morgan fingerprint density at radius 1 is 1.24 bits per heavy atom. The zero-order chi connectivity index (χ0) is 18.1. The second kappa shape index (κ2) is 6.62. The lowest BCUT2D eigenvalue weighted by atomic mass is 9.99. The molecule has 0 N–H and O–H groups in total. The van der Waals surface area contributed by atoms with Gasteiger partial charge in [-0.05, 0) is 24.6 Å². The predicted molar refractivity (Wildman–Crippen MR) is 86.9 cm³/mol. The van der Waals surface area contributed by atoms with Gasteiger partial charge in [-0.1, -0.05) is 6.07 Å². The third kappa shape index (κ3) is 3.38. The number of nitrogens with zero attached hydrogens (tertiary/aromatic N) is 4. The zero-order valence-corrected chi connectivity index (χ0v) is 13.9. The highest BCUT2D eigenvalue weighted by atomic mass is 19.2. The van der Waals surface area contributed by atoms with Crippen molar-refractivity contribution in [1.29, 1.82) is 0 Å². The molecule has 1 saturated heterocycles. The average molecular weight is 348 g/mol. The number of anilines is 1. The van der Waals surface area contributed by atoms with E-state index in [1.807, 2.05) is 0 Å². The minimum atomic E-state index is -0.991. The van der Waals surface area contributed by atoms with Gasteiger partial charge in [-0.3, -0.25) is 14.3 Å². The summed E-state index contributed by atoms with van der Waals surface area (Å²) in [6, 6.07) is 3.40. The van der Waals surface area contributed by atoms with Gasteiger partial charge in [0.1, 0.15) is 6.54 Å². The number of aryl methyl sites for hydroxylation is 1. The largest absolute Gasteiger partial charge is 0.331 e. The molecule has 1 aliphatic rings. The Morgan fingerprint density at radius 3 is 2.60 bits per heavy atom. The standard InChI is InChI=1S/C17H18F2N4O2/c1-11(12-3-4-14(18)15(19)7-12)17(25)22-5-6-23(16(24)10-22)13-8-20-21(2)9-13/h3-4,7-9,11H,5-6,10H2,1-2H3. The summed E-state index contributed by atoms with van der Waals surface area (Å²) in [5.41, 5.74) is 1.07. The molecule has 0 bridgehead atoms. The normalized spacial score (nSPS) is 16.2. The van der Waals surface area contributed by atoms with Gasteiger partial charge in [0, 0.05) is 26.3 Å². The van der Waals surface area contributed by atoms with Gasteiger partial charge in [0.15, 0.2) is 11.6 Å². The van der Waals surface area contributed by atoms with E-state index < -0.39 is 17.6 Å². The van der Waals surface area contributed by atoms with Crippen LogP contribution in [0.3, 0.4) is 0 Å². The van der Waals surface area contributed by atoms with E-state index >= 15 is 0 Å². The number of halogens is 2. The second-order valence-electron chi connectivity index (χ2n) is 6.07. The fourth-order valence-electron chi connectivity index (χ4n) is 2.88. The van der Waals surface area contributed by atoms with Gasteiger partial charge >= 0.3 is 0 Å². The predicted octanol–water partition coefficient (Wildman–Crippen LogP) is 1.68. The first-order valence-corrected chi connectivity index (χ1v) is 7.89. The Bertz CT molecular complexity index is 821. The monoisotopic (exact) mass is 348 g/mol. The summed E-state index contributed by atoms with van der Waals surface area (Å²) < 4.78 is 28.0. The second-order valence-corrected chi connectivity index (χ2v) is 6.07. The van der Waals surface area contributed by atoms with Crippen LogP contribution in [-0.2, 0) is 16.6 Å². The number of hydrogen-bond donors (Lipinski definition) is 0. The molecule has 2 aromatic rings. The molecule has 6 nitrogen and oxygen atoms in total. The molecule has 1 fully saturated rings. The molecule has 1 unspecified atom stereocenters. The number of aromatic nitrogens is 2. The molecule has 0 saturated carbocycles. The molecule has 2 amide bonds. The number of amides is 2. The van der Waals surface area contributed by atoms with Crippen molar-refractivity contribution in [2.75, 3.05) is 24.5 Å². The number of carbonyl (C=O) groups excluding carboxylic acids is 2. The molecule has 2 heterocycles. The van der Waals surface area contributed by atoms with Crippen LogP contribution in [0.2, 0.25) is 0 Å². The molecule has 1 atom stereocenters. The molecule has 0 aliphatic carbocycles. The van der Waals surface area contributed by atoms with E-state index in [4.69, 9.17) is 0 Å². The minimum absolute atomic E-state index is 0.0538. The molecule has 1 aromatic carbocycles. The van der Waals surface area contributed by atoms with Gasteiger partial charge in [0.2, 0.25) is 11.8 Å². The van der Waals surface area contributed by atoms with Crippen molar-refractivity contribution in [2.24, 2.45) is 7.05 Å². The van der Waals surface area contributed by atoms with Gasteiger partial charge < -0.3 is 9.80 Å². The summed E-state index contributed by atoms with van der Waals surface area (Å²) in [4.78, 5) is 28.0. The molecule has 25 heavy (non-hydrogen) atoms. The quantitative estimate of drug-likeness (QED) is 0.848. The van der Waals surface area contributed by atoms with Crippen LogP contribution in [0.1, 0.15) is 18.4 Å².